The Morgan fingerprint density at radius 2 is 2.13 bits per heavy atom. The summed E-state index contributed by atoms with van der Waals surface area (Å²) < 4.78 is 1.62. The Hall–Kier alpha value is -2.24. The molecule has 0 radical (unpaired) electrons. The lowest BCUT2D eigenvalue weighted by atomic mass is 10.2. The number of carbonyl (C=O) groups is 1. The summed E-state index contributed by atoms with van der Waals surface area (Å²) in [5.41, 5.74) is 6.31. The van der Waals surface area contributed by atoms with Crippen molar-refractivity contribution in [3.8, 4) is 11.4 Å². The SMILES string of the molecule is Cn1ccc(-c2nccnc2C(N)=O)n1. The maximum absolute atomic E-state index is 11.1. The van der Waals surface area contributed by atoms with Crippen molar-refractivity contribution >= 4 is 5.91 Å². The van der Waals surface area contributed by atoms with E-state index in [0.29, 0.717) is 11.4 Å². The number of rotatable bonds is 2. The van der Waals surface area contributed by atoms with E-state index >= 15 is 0 Å². The third-order valence-corrected chi connectivity index (χ3v) is 1.89. The molecule has 0 saturated carbocycles. The summed E-state index contributed by atoms with van der Waals surface area (Å²) >= 11 is 0. The Morgan fingerprint density at radius 1 is 1.40 bits per heavy atom. The second kappa shape index (κ2) is 3.49. The van der Waals surface area contributed by atoms with Crippen molar-refractivity contribution < 1.29 is 4.79 Å². The van der Waals surface area contributed by atoms with Crippen molar-refractivity contribution in [3.63, 3.8) is 0 Å². The van der Waals surface area contributed by atoms with Gasteiger partial charge in [-0.05, 0) is 6.07 Å². The minimum atomic E-state index is -0.608. The highest BCUT2D eigenvalue weighted by atomic mass is 16.1. The standard InChI is InChI=1S/C9H9N5O/c1-14-5-2-6(13-14)7-8(9(10)15)12-4-3-11-7/h2-5H,1H3,(H2,10,15). The van der Waals surface area contributed by atoms with E-state index in [1.165, 1.54) is 12.4 Å². The van der Waals surface area contributed by atoms with Crippen LogP contribution in [0.4, 0.5) is 0 Å². The van der Waals surface area contributed by atoms with Crippen LogP contribution < -0.4 is 5.73 Å². The van der Waals surface area contributed by atoms with Crippen LogP contribution in [0, 0.1) is 0 Å². The molecule has 0 spiro atoms. The van der Waals surface area contributed by atoms with E-state index < -0.39 is 5.91 Å². The number of hydrogen-bond donors (Lipinski definition) is 1. The van der Waals surface area contributed by atoms with E-state index in [0.717, 1.165) is 0 Å². The van der Waals surface area contributed by atoms with Gasteiger partial charge in [0.05, 0.1) is 0 Å². The van der Waals surface area contributed by atoms with Crippen molar-refractivity contribution in [1.29, 1.82) is 0 Å². The molecule has 2 N–H and O–H groups in total. The molecule has 0 unspecified atom stereocenters. The van der Waals surface area contributed by atoms with Gasteiger partial charge in [0.2, 0.25) is 0 Å². The fourth-order valence-electron chi connectivity index (χ4n) is 1.25. The van der Waals surface area contributed by atoms with E-state index in [2.05, 4.69) is 15.1 Å². The second-order valence-corrected chi connectivity index (χ2v) is 2.99. The monoisotopic (exact) mass is 203 g/mol. The lowest BCUT2D eigenvalue weighted by Gasteiger charge is -2.00. The van der Waals surface area contributed by atoms with Crippen LogP contribution in [0.25, 0.3) is 11.4 Å². The summed E-state index contributed by atoms with van der Waals surface area (Å²) in [6.07, 6.45) is 4.68. The molecule has 2 aromatic rings. The first-order valence-electron chi connectivity index (χ1n) is 4.29. The highest BCUT2D eigenvalue weighted by Gasteiger charge is 2.14. The molecule has 6 nitrogen and oxygen atoms in total. The third kappa shape index (κ3) is 1.69. The largest absolute Gasteiger partial charge is 0.364 e. The number of nitrogens with zero attached hydrogens (tertiary/aromatic N) is 4. The molecule has 0 aliphatic heterocycles. The molecule has 6 heteroatoms. The summed E-state index contributed by atoms with van der Waals surface area (Å²) in [5, 5.41) is 4.13. The Bertz CT molecular complexity index is 505. The summed E-state index contributed by atoms with van der Waals surface area (Å²) in [6, 6.07) is 1.75. The summed E-state index contributed by atoms with van der Waals surface area (Å²) in [6.45, 7) is 0. The van der Waals surface area contributed by atoms with Crippen molar-refractivity contribution in [3.05, 3.63) is 30.4 Å². The molecular formula is C9H9N5O. The van der Waals surface area contributed by atoms with Gasteiger partial charge in [0, 0.05) is 25.6 Å². The zero-order valence-corrected chi connectivity index (χ0v) is 8.08. The van der Waals surface area contributed by atoms with Crippen LogP contribution in [0.2, 0.25) is 0 Å². The van der Waals surface area contributed by atoms with Crippen molar-refractivity contribution in [2.24, 2.45) is 12.8 Å². The lowest BCUT2D eigenvalue weighted by molar-refractivity contribution is 0.0996. The summed E-state index contributed by atoms with van der Waals surface area (Å²) in [7, 11) is 1.78. The Balaban J connectivity index is 2.57. The van der Waals surface area contributed by atoms with E-state index in [1.54, 1.807) is 24.0 Å². The smallest absolute Gasteiger partial charge is 0.269 e. The predicted octanol–water partition coefficient (Wildman–Crippen LogP) is -0.0240. The number of aromatic nitrogens is 4. The maximum atomic E-state index is 11.1. The van der Waals surface area contributed by atoms with Crippen molar-refractivity contribution in [2.75, 3.05) is 0 Å². The maximum Gasteiger partial charge on any atom is 0.269 e. The number of nitrogens with two attached hydrogens (primary N) is 1. The van der Waals surface area contributed by atoms with Gasteiger partial charge in [0.1, 0.15) is 11.4 Å². The summed E-state index contributed by atoms with van der Waals surface area (Å²) in [5.74, 6) is -0.608. The first-order chi connectivity index (χ1) is 7.18. The highest BCUT2D eigenvalue weighted by molar-refractivity contribution is 5.96. The van der Waals surface area contributed by atoms with Crippen LogP contribution in [0.5, 0.6) is 0 Å². The van der Waals surface area contributed by atoms with E-state index in [1.807, 2.05) is 0 Å². The van der Waals surface area contributed by atoms with E-state index in [4.69, 9.17) is 5.73 Å². The van der Waals surface area contributed by atoms with Crippen molar-refractivity contribution in [1.82, 2.24) is 19.7 Å². The highest BCUT2D eigenvalue weighted by Crippen LogP contribution is 2.16. The van der Waals surface area contributed by atoms with Crippen LogP contribution >= 0.6 is 0 Å². The molecule has 0 bridgehead atoms. The average Bonchev–Trinajstić information content (AvgIpc) is 2.65. The molecule has 0 aliphatic rings. The Kier molecular flexibility index (Phi) is 2.17. The molecule has 2 aromatic heterocycles. The molecule has 1 amide bonds. The molecule has 0 saturated heterocycles. The number of aryl methyl sites for hydroxylation is 1. The molecule has 76 valence electrons. The summed E-state index contributed by atoms with van der Waals surface area (Å²) in [4.78, 5) is 19.0. The quantitative estimate of drug-likeness (QED) is 0.742. The number of primary amides is 1. The van der Waals surface area contributed by atoms with Crippen LogP contribution in [0.1, 0.15) is 10.5 Å². The fourth-order valence-corrected chi connectivity index (χ4v) is 1.25. The average molecular weight is 203 g/mol. The van der Waals surface area contributed by atoms with Gasteiger partial charge in [-0.25, -0.2) is 4.98 Å². The van der Waals surface area contributed by atoms with Gasteiger partial charge >= 0.3 is 0 Å². The van der Waals surface area contributed by atoms with E-state index in [9.17, 15) is 4.79 Å². The van der Waals surface area contributed by atoms with Gasteiger partial charge in [-0.15, -0.1) is 0 Å². The molecule has 0 aliphatic carbocycles. The number of hydrogen-bond acceptors (Lipinski definition) is 4. The molecule has 0 aromatic carbocycles. The second-order valence-electron chi connectivity index (χ2n) is 2.99. The molecule has 0 atom stereocenters. The number of amides is 1. The van der Waals surface area contributed by atoms with Crippen LogP contribution in [-0.4, -0.2) is 25.7 Å². The van der Waals surface area contributed by atoms with Gasteiger partial charge in [0.15, 0.2) is 5.69 Å². The van der Waals surface area contributed by atoms with Crippen molar-refractivity contribution in [2.45, 2.75) is 0 Å². The molecule has 2 heterocycles. The Morgan fingerprint density at radius 3 is 2.73 bits per heavy atom. The van der Waals surface area contributed by atoms with Gasteiger partial charge < -0.3 is 5.73 Å². The Labute approximate surface area is 85.8 Å². The molecule has 15 heavy (non-hydrogen) atoms. The predicted molar refractivity (Wildman–Crippen MR) is 52.8 cm³/mol. The zero-order valence-electron chi connectivity index (χ0n) is 8.08. The van der Waals surface area contributed by atoms with Gasteiger partial charge in [0.25, 0.3) is 5.91 Å². The molecule has 0 fully saturated rings. The molecular weight excluding hydrogens is 194 g/mol. The molecule has 2 rings (SSSR count). The van der Waals surface area contributed by atoms with Crippen LogP contribution in [0.3, 0.4) is 0 Å². The van der Waals surface area contributed by atoms with Crippen LogP contribution in [0.15, 0.2) is 24.7 Å². The first-order valence-corrected chi connectivity index (χ1v) is 4.29. The topological polar surface area (TPSA) is 86.7 Å². The van der Waals surface area contributed by atoms with Crippen LogP contribution in [-0.2, 0) is 7.05 Å². The lowest BCUT2D eigenvalue weighted by Crippen LogP contribution is -2.15. The first kappa shape index (κ1) is 9.32. The normalized spacial score (nSPS) is 10.2. The zero-order chi connectivity index (χ0) is 10.8. The fraction of sp³-hybridized carbons (Fsp3) is 0.111. The van der Waals surface area contributed by atoms with Gasteiger partial charge in [-0.3, -0.25) is 14.5 Å². The third-order valence-electron chi connectivity index (χ3n) is 1.89. The van der Waals surface area contributed by atoms with Gasteiger partial charge in [-0.1, -0.05) is 0 Å². The van der Waals surface area contributed by atoms with Gasteiger partial charge in [-0.2, -0.15) is 5.10 Å². The minimum absolute atomic E-state index is 0.135. The number of carbonyl (C=O) groups excluding carboxylic acids is 1. The minimum Gasteiger partial charge on any atom is -0.364 e. The van der Waals surface area contributed by atoms with E-state index in [-0.39, 0.29) is 5.69 Å².